The molecule has 0 spiro atoms. The van der Waals surface area contributed by atoms with Crippen LogP contribution in [-0.4, -0.2) is 23.5 Å². The van der Waals surface area contributed by atoms with Crippen molar-refractivity contribution < 1.29 is 19.4 Å². The number of ether oxygens (including phenoxy) is 1. The molecule has 0 aromatic heterocycles. The lowest BCUT2D eigenvalue weighted by Gasteiger charge is -2.19. The van der Waals surface area contributed by atoms with Crippen LogP contribution < -0.4 is 0 Å². The number of rotatable bonds is 2. The van der Waals surface area contributed by atoms with E-state index in [1.54, 1.807) is 13.0 Å². The number of aliphatic hydroxyl groups excluding tert-OH is 1. The average Bonchev–Trinajstić information content (AvgIpc) is 2.72. The number of fused-ring (bicyclic) bond motifs is 1. The molecule has 0 heterocycles. The largest absolute Gasteiger partial charge is 0.506 e. The third kappa shape index (κ3) is 2.23. The first-order chi connectivity index (χ1) is 10.5. The van der Waals surface area contributed by atoms with E-state index in [0.717, 1.165) is 24.0 Å². The van der Waals surface area contributed by atoms with Gasteiger partial charge in [0, 0.05) is 11.5 Å². The van der Waals surface area contributed by atoms with Crippen LogP contribution in [0.4, 0.5) is 0 Å². The highest BCUT2D eigenvalue weighted by atomic mass is 16.5. The van der Waals surface area contributed by atoms with Crippen LogP contribution in [0.2, 0.25) is 0 Å². The van der Waals surface area contributed by atoms with Gasteiger partial charge in [-0.25, -0.2) is 4.79 Å². The molecule has 0 radical (unpaired) electrons. The van der Waals surface area contributed by atoms with Crippen LogP contribution in [0.1, 0.15) is 37.0 Å². The Morgan fingerprint density at radius 1 is 1.41 bits per heavy atom. The van der Waals surface area contributed by atoms with Crippen molar-refractivity contribution in [3.63, 3.8) is 0 Å². The van der Waals surface area contributed by atoms with Crippen molar-refractivity contribution in [2.24, 2.45) is 11.8 Å². The van der Waals surface area contributed by atoms with Crippen LogP contribution in [-0.2, 0) is 27.2 Å². The van der Waals surface area contributed by atoms with E-state index in [1.165, 1.54) is 0 Å². The predicted molar refractivity (Wildman–Crippen MR) is 82.3 cm³/mol. The molecule has 0 fully saturated rings. The van der Waals surface area contributed by atoms with Gasteiger partial charge in [-0.05, 0) is 43.2 Å². The van der Waals surface area contributed by atoms with Gasteiger partial charge in [-0.1, -0.05) is 25.1 Å². The zero-order chi connectivity index (χ0) is 15.9. The number of aryl methyl sites for hydroxylation is 1. The normalized spacial score (nSPS) is 23.8. The second-order valence-corrected chi connectivity index (χ2v) is 6.08. The molecule has 4 heteroatoms. The summed E-state index contributed by atoms with van der Waals surface area (Å²) in [5, 5.41) is 10.6. The van der Waals surface area contributed by atoms with Gasteiger partial charge in [0.1, 0.15) is 11.3 Å². The third-order valence-electron chi connectivity index (χ3n) is 4.81. The zero-order valence-corrected chi connectivity index (χ0v) is 12.9. The van der Waals surface area contributed by atoms with Gasteiger partial charge in [-0.15, -0.1) is 0 Å². The predicted octanol–water partition coefficient (Wildman–Crippen LogP) is 2.84. The number of aliphatic hydroxyl groups is 1. The van der Waals surface area contributed by atoms with Crippen molar-refractivity contribution in [1.82, 2.24) is 0 Å². The lowest BCUT2D eigenvalue weighted by molar-refractivity contribution is -0.140. The van der Waals surface area contributed by atoms with Crippen molar-refractivity contribution >= 4 is 17.5 Å². The fraction of sp³-hybridized carbons (Fsp3) is 0.444. The zero-order valence-electron chi connectivity index (χ0n) is 12.9. The first kappa shape index (κ1) is 14.8. The van der Waals surface area contributed by atoms with E-state index >= 15 is 0 Å². The minimum Gasteiger partial charge on any atom is -0.506 e. The van der Waals surface area contributed by atoms with Crippen LogP contribution in [0.25, 0.3) is 5.76 Å². The number of carbonyl (C=O) groups is 2. The van der Waals surface area contributed by atoms with Gasteiger partial charge >= 0.3 is 5.97 Å². The molecule has 0 saturated carbocycles. The maximum absolute atomic E-state index is 12.8. The van der Waals surface area contributed by atoms with E-state index < -0.39 is 5.97 Å². The Kier molecular flexibility index (Phi) is 3.77. The van der Waals surface area contributed by atoms with E-state index in [4.69, 9.17) is 4.74 Å². The summed E-state index contributed by atoms with van der Waals surface area (Å²) in [4.78, 5) is 25.0. The summed E-state index contributed by atoms with van der Waals surface area (Å²) in [5.41, 5.74) is 2.58. The molecule has 2 unspecified atom stereocenters. The molecule has 0 saturated heterocycles. The Labute approximate surface area is 129 Å². The molecule has 116 valence electrons. The molecule has 3 rings (SSSR count). The second kappa shape index (κ2) is 5.59. The van der Waals surface area contributed by atoms with Crippen LogP contribution in [0.3, 0.4) is 0 Å². The maximum Gasteiger partial charge on any atom is 0.345 e. The minimum atomic E-state index is -0.721. The Bertz CT molecular complexity index is 672. The summed E-state index contributed by atoms with van der Waals surface area (Å²) in [6, 6.07) is 5.69. The standard InChI is InChI=1S/C18H20O4/c1-3-22-18(21)15-16(19)12-6-4-5-11-8-7-10(2)13(17(15)20)9-14(11)12/h4-6,10,13,19H,3,7-9H2,1-2H3. The molecule has 1 N–H and O–H groups in total. The quantitative estimate of drug-likeness (QED) is 0.674. The monoisotopic (exact) mass is 300 g/mol. The number of hydrogen-bond acceptors (Lipinski definition) is 4. The highest BCUT2D eigenvalue weighted by molar-refractivity contribution is 6.23. The molecule has 0 amide bonds. The molecule has 2 atom stereocenters. The number of Topliss-reactive ketones (excluding diaryl/α,β-unsaturated/α-hetero) is 1. The highest BCUT2D eigenvalue weighted by Gasteiger charge is 2.39. The maximum atomic E-state index is 12.8. The summed E-state index contributed by atoms with van der Waals surface area (Å²) in [6.45, 7) is 3.90. The second-order valence-electron chi connectivity index (χ2n) is 6.08. The molecule has 2 aliphatic rings. The molecule has 1 aromatic rings. The van der Waals surface area contributed by atoms with Gasteiger partial charge in [0.2, 0.25) is 0 Å². The van der Waals surface area contributed by atoms with E-state index in [9.17, 15) is 14.7 Å². The van der Waals surface area contributed by atoms with Gasteiger partial charge in [-0.3, -0.25) is 4.79 Å². The van der Waals surface area contributed by atoms with E-state index in [0.29, 0.717) is 12.0 Å². The number of esters is 1. The highest BCUT2D eigenvalue weighted by Crippen LogP contribution is 2.38. The topological polar surface area (TPSA) is 63.6 Å². The molecule has 2 bridgehead atoms. The van der Waals surface area contributed by atoms with Gasteiger partial charge in [0.15, 0.2) is 5.78 Å². The van der Waals surface area contributed by atoms with Crippen LogP contribution in [0, 0.1) is 11.8 Å². The lowest BCUT2D eigenvalue weighted by atomic mass is 9.83. The van der Waals surface area contributed by atoms with Gasteiger partial charge < -0.3 is 9.84 Å². The van der Waals surface area contributed by atoms with Crippen LogP contribution in [0.5, 0.6) is 0 Å². The average molecular weight is 300 g/mol. The smallest absolute Gasteiger partial charge is 0.345 e. The van der Waals surface area contributed by atoms with Crippen LogP contribution >= 0.6 is 0 Å². The Balaban J connectivity index is 2.23. The lowest BCUT2D eigenvalue weighted by Crippen LogP contribution is -2.28. The minimum absolute atomic E-state index is 0.170. The Morgan fingerprint density at radius 2 is 2.18 bits per heavy atom. The molecule has 0 aliphatic heterocycles. The van der Waals surface area contributed by atoms with Gasteiger partial charge in [0.25, 0.3) is 0 Å². The summed E-state index contributed by atoms with van der Waals surface area (Å²) in [5.74, 6) is -1.33. The van der Waals surface area contributed by atoms with Crippen molar-refractivity contribution in [2.45, 2.75) is 33.1 Å². The summed E-state index contributed by atoms with van der Waals surface area (Å²) in [6.07, 6.45) is 2.39. The van der Waals surface area contributed by atoms with Gasteiger partial charge in [0.05, 0.1) is 6.61 Å². The molecule has 1 aromatic carbocycles. The Hall–Kier alpha value is -2.10. The summed E-state index contributed by atoms with van der Waals surface area (Å²) < 4.78 is 4.99. The molecule has 2 aliphatic carbocycles. The third-order valence-corrected chi connectivity index (χ3v) is 4.81. The molecule has 22 heavy (non-hydrogen) atoms. The van der Waals surface area contributed by atoms with Gasteiger partial charge in [-0.2, -0.15) is 0 Å². The van der Waals surface area contributed by atoms with E-state index in [1.807, 2.05) is 19.1 Å². The molecular formula is C18H20O4. The Morgan fingerprint density at radius 3 is 2.91 bits per heavy atom. The van der Waals surface area contributed by atoms with Crippen LogP contribution in [0.15, 0.2) is 23.8 Å². The fourth-order valence-corrected chi connectivity index (χ4v) is 3.53. The number of carbonyl (C=O) groups excluding carboxylic acids is 2. The molecular weight excluding hydrogens is 280 g/mol. The SMILES string of the molecule is CCOC(=O)C1=C(O)c2cccc3c2CC(C1=O)C(C)CC3. The number of ketones is 1. The van der Waals surface area contributed by atoms with Crippen molar-refractivity contribution in [3.8, 4) is 0 Å². The van der Waals surface area contributed by atoms with E-state index in [2.05, 4.69) is 0 Å². The van der Waals surface area contributed by atoms with Crippen molar-refractivity contribution in [1.29, 1.82) is 0 Å². The number of benzene rings is 1. The number of hydrogen-bond donors (Lipinski definition) is 1. The van der Waals surface area contributed by atoms with E-state index in [-0.39, 0.29) is 35.6 Å². The fourth-order valence-electron chi connectivity index (χ4n) is 3.53. The van der Waals surface area contributed by atoms with Crippen molar-refractivity contribution in [3.05, 3.63) is 40.5 Å². The molecule has 4 nitrogen and oxygen atoms in total. The summed E-state index contributed by atoms with van der Waals surface area (Å²) >= 11 is 0. The first-order valence-corrected chi connectivity index (χ1v) is 7.80. The first-order valence-electron chi connectivity index (χ1n) is 7.80. The van der Waals surface area contributed by atoms with Crippen molar-refractivity contribution in [2.75, 3.05) is 6.61 Å². The summed E-state index contributed by atoms with van der Waals surface area (Å²) in [7, 11) is 0.